The number of likely N-dealkylation sites (tertiary alicyclic amines) is 1. The largest absolute Gasteiger partial charge is 0.461 e. The van der Waals surface area contributed by atoms with Gasteiger partial charge in [0.05, 0.1) is 12.2 Å². The summed E-state index contributed by atoms with van der Waals surface area (Å²) in [5.74, 6) is -0.111. The molecule has 1 aromatic heterocycles. The Bertz CT molecular complexity index is 764. The molecule has 1 fully saturated rings. The predicted octanol–water partition coefficient (Wildman–Crippen LogP) is 4.17. The Morgan fingerprint density at radius 2 is 1.78 bits per heavy atom. The number of esters is 1. The number of hydrogen-bond donors (Lipinski definition) is 0. The van der Waals surface area contributed by atoms with Crippen molar-refractivity contribution in [2.24, 2.45) is 5.92 Å². The van der Waals surface area contributed by atoms with Crippen LogP contribution in [0.2, 0.25) is 0 Å². The van der Waals surface area contributed by atoms with Crippen LogP contribution < -0.4 is 0 Å². The van der Waals surface area contributed by atoms with Gasteiger partial charge in [0, 0.05) is 13.1 Å². The number of rotatable bonds is 4. The van der Waals surface area contributed by atoms with Crippen LogP contribution in [0, 0.1) is 5.92 Å². The molecule has 0 spiro atoms. The Morgan fingerprint density at radius 3 is 2.33 bits per heavy atom. The molecule has 0 saturated carbocycles. The second-order valence-corrected chi connectivity index (χ2v) is 8.10. The zero-order valence-electron chi connectivity index (χ0n) is 16.2. The van der Waals surface area contributed by atoms with Crippen LogP contribution in [0.4, 0.5) is 0 Å². The lowest BCUT2D eigenvalue weighted by Crippen LogP contribution is -2.40. The molecule has 1 aromatic carbocycles. The van der Waals surface area contributed by atoms with Crippen LogP contribution in [0.5, 0.6) is 0 Å². The summed E-state index contributed by atoms with van der Waals surface area (Å²) in [4.78, 5) is 26.4. The van der Waals surface area contributed by atoms with Crippen LogP contribution in [0.3, 0.4) is 0 Å². The standard InChI is InChI=1S/C22H27NO4/c1-22(2,3)18-8-6-16(7-9-18)15-27-21(25)17-10-12-23(13-11-17)20(24)19-5-4-14-26-19/h4-9,14,17H,10-13,15H2,1-3H3. The molecule has 0 bridgehead atoms. The van der Waals surface area contributed by atoms with Gasteiger partial charge in [-0.25, -0.2) is 0 Å². The van der Waals surface area contributed by atoms with Gasteiger partial charge in [0.2, 0.25) is 0 Å². The van der Waals surface area contributed by atoms with Gasteiger partial charge in [-0.2, -0.15) is 0 Å². The molecule has 1 aliphatic rings. The maximum Gasteiger partial charge on any atom is 0.309 e. The number of carbonyl (C=O) groups excluding carboxylic acids is 2. The van der Waals surface area contributed by atoms with Gasteiger partial charge in [0.1, 0.15) is 6.61 Å². The molecule has 27 heavy (non-hydrogen) atoms. The lowest BCUT2D eigenvalue weighted by molar-refractivity contribution is -0.151. The Kier molecular flexibility index (Phi) is 5.68. The molecule has 2 aromatic rings. The summed E-state index contributed by atoms with van der Waals surface area (Å²) in [7, 11) is 0. The Hall–Kier alpha value is -2.56. The third kappa shape index (κ3) is 4.79. The number of amides is 1. The van der Waals surface area contributed by atoms with E-state index < -0.39 is 0 Å². The summed E-state index contributed by atoms with van der Waals surface area (Å²) >= 11 is 0. The molecule has 5 heteroatoms. The number of nitrogens with zero attached hydrogens (tertiary/aromatic N) is 1. The third-order valence-electron chi connectivity index (χ3n) is 5.05. The smallest absolute Gasteiger partial charge is 0.309 e. The maximum absolute atomic E-state index is 12.4. The molecule has 1 aliphatic heterocycles. The summed E-state index contributed by atoms with van der Waals surface area (Å²) in [6.07, 6.45) is 2.73. The van der Waals surface area contributed by atoms with Gasteiger partial charge in [-0.15, -0.1) is 0 Å². The van der Waals surface area contributed by atoms with Crippen LogP contribution in [-0.2, 0) is 21.6 Å². The lowest BCUT2D eigenvalue weighted by atomic mass is 9.87. The number of hydrogen-bond acceptors (Lipinski definition) is 4. The SMILES string of the molecule is CC(C)(C)c1ccc(COC(=O)C2CCN(C(=O)c3ccco3)CC2)cc1. The quantitative estimate of drug-likeness (QED) is 0.759. The first-order valence-corrected chi connectivity index (χ1v) is 9.43. The van der Waals surface area contributed by atoms with Crippen LogP contribution >= 0.6 is 0 Å². The predicted molar refractivity (Wildman–Crippen MR) is 102 cm³/mol. The molecule has 144 valence electrons. The van der Waals surface area contributed by atoms with E-state index in [9.17, 15) is 9.59 Å². The average molecular weight is 369 g/mol. The second kappa shape index (κ2) is 7.99. The monoisotopic (exact) mass is 369 g/mol. The van der Waals surface area contributed by atoms with E-state index in [1.807, 2.05) is 12.1 Å². The average Bonchev–Trinajstić information content (AvgIpc) is 3.20. The van der Waals surface area contributed by atoms with Gasteiger partial charge < -0.3 is 14.1 Å². The van der Waals surface area contributed by atoms with Crippen LogP contribution in [0.25, 0.3) is 0 Å². The fourth-order valence-corrected chi connectivity index (χ4v) is 3.25. The van der Waals surface area contributed by atoms with Crippen molar-refractivity contribution in [3.05, 3.63) is 59.5 Å². The molecular formula is C22H27NO4. The highest BCUT2D eigenvalue weighted by Crippen LogP contribution is 2.23. The fraction of sp³-hybridized carbons (Fsp3) is 0.455. The van der Waals surface area contributed by atoms with Crippen molar-refractivity contribution in [2.45, 2.75) is 45.6 Å². The Labute approximate surface area is 160 Å². The van der Waals surface area contributed by atoms with E-state index in [1.165, 1.54) is 11.8 Å². The van der Waals surface area contributed by atoms with Crippen molar-refractivity contribution < 1.29 is 18.7 Å². The normalized spacial score (nSPS) is 15.6. The number of piperidine rings is 1. The molecule has 1 saturated heterocycles. The third-order valence-corrected chi connectivity index (χ3v) is 5.05. The van der Waals surface area contributed by atoms with Crippen molar-refractivity contribution in [3.8, 4) is 0 Å². The summed E-state index contributed by atoms with van der Waals surface area (Å²) < 4.78 is 10.7. The van der Waals surface area contributed by atoms with Gasteiger partial charge in [0.15, 0.2) is 5.76 Å². The first-order chi connectivity index (χ1) is 12.8. The summed E-state index contributed by atoms with van der Waals surface area (Å²) in [6.45, 7) is 7.88. The zero-order chi connectivity index (χ0) is 19.4. The van der Waals surface area contributed by atoms with Crippen molar-refractivity contribution in [3.63, 3.8) is 0 Å². The van der Waals surface area contributed by atoms with Crippen molar-refractivity contribution in [1.29, 1.82) is 0 Å². The Morgan fingerprint density at radius 1 is 1.11 bits per heavy atom. The molecule has 0 radical (unpaired) electrons. The number of benzene rings is 1. The van der Waals surface area contributed by atoms with Crippen LogP contribution in [-0.4, -0.2) is 29.9 Å². The molecule has 3 rings (SSSR count). The minimum absolute atomic E-state index is 0.107. The molecule has 0 unspecified atom stereocenters. The van der Waals surface area contributed by atoms with E-state index in [4.69, 9.17) is 9.15 Å². The van der Waals surface area contributed by atoms with Crippen LogP contribution in [0.15, 0.2) is 47.1 Å². The highest BCUT2D eigenvalue weighted by molar-refractivity contribution is 5.91. The fourth-order valence-electron chi connectivity index (χ4n) is 3.25. The first-order valence-electron chi connectivity index (χ1n) is 9.43. The van der Waals surface area contributed by atoms with Crippen molar-refractivity contribution in [1.82, 2.24) is 4.90 Å². The van der Waals surface area contributed by atoms with Gasteiger partial charge in [-0.3, -0.25) is 9.59 Å². The molecular weight excluding hydrogens is 342 g/mol. The maximum atomic E-state index is 12.4. The molecule has 1 amide bonds. The molecule has 5 nitrogen and oxygen atoms in total. The Balaban J connectivity index is 1.46. The van der Waals surface area contributed by atoms with Crippen molar-refractivity contribution >= 4 is 11.9 Å². The van der Waals surface area contributed by atoms with Gasteiger partial charge >= 0.3 is 5.97 Å². The zero-order valence-corrected chi connectivity index (χ0v) is 16.2. The van der Waals surface area contributed by atoms with Gasteiger partial charge in [0.25, 0.3) is 5.91 Å². The number of carbonyl (C=O) groups is 2. The van der Waals surface area contributed by atoms with Gasteiger partial charge in [-0.05, 0) is 41.5 Å². The molecule has 0 atom stereocenters. The second-order valence-electron chi connectivity index (χ2n) is 8.10. The minimum atomic E-state index is -0.181. The first kappa shape index (κ1) is 19.2. The minimum Gasteiger partial charge on any atom is -0.461 e. The number of ether oxygens (including phenoxy) is 1. The van der Waals surface area contributed by atoms with Gasteiger partial charge in [-0.1, -0.05) is 45.0 Å². The highest BCUT2D eigenvalue weighted by Gasteiger charge is 2.29. The van der Waals surface area contributed by atoms with E-state index in [0.29, 0.717) is 31.7 Å². The summed E-state index contributed by atoms with van der Waals surface area (Å²) in [5, 5.41) is 0. The topological polar surface area (TPSA) is 59.8 Å². The van der Waals surface area contributed by atoms with Crippen molar-refractivity contribution in [2.75, 3.05) is 13.1 Å². The highest BCUT2D eigenvalue weighted by atomic mass is 16.5. The summed E-state index contributed by atoms with van der Waals surface area (Å²) in [6, 6.07) is 11.6. The van der Waals surface area contributed by atoms with E-state index >= 15 is 0 Å². The summed E-state index contributed by atoms with van der Waals surface area (Å²) in [5.41, 5.74) is 2.35. The van der Waals surface area contributed by atoms with E-state index in [-0.39, 0.29) is 29.8 Å². The molecule has 0 aliphatic carbocycles. The van der Waals surface area contributed by atoms with E-state index in [1.54, 1.807) is 17.0 Å². The molecule has 0 N–H and O–H groups in total. The molecule has 2 heterocycles. The van der Waals surface area contributed by atoms with E-state index in [2.05, 4.69) is 32.9 Å². The lowest BCUT2D eigenvalue weighted by Gasteiger charge is -2.30. The number of furan rings is 1. The van der Waals surface area contributed by atoms with Crippen LogP contribution in [0.1, 0.15) is 55.3 Å². The van der Waals surface area contributed by atoms with E-state index in [0.717, 1.165) is 5.56 Å².